The molecule has 0 saturated heterocycles. The molecule has 7 nitrogen and oxygen atoms in total. The number of imidazole rings is 1. The first-order chi connectivity index (χ1) is 11.4. The van der Waals surface area contributed by atoms with Crippen molar-refractivity contribution in [2.24, 2.45) is 0 Å². The second kappa shape index (κ2) is 6.04. The highest BCUT2D eigenvalue weighted by molar-refractivity contribution is 7.92. The van der Waals surface area contributed by atoms with E-state index in [1.54, 1.807) is 42.3 Å². The molecule has 0 saturated carbocycles. The minimum atomic E-state index is -3.73. The lowest BCUT2D eigenvalue weighted by molar-refractivity contribution is 0.600. The van der Waals surface area contributed by atoms with E-state index in [9.17, 15) is 8.42 Å². The van der Waals surface area contributed by atoms with Gasteiger partial charge in [-0.15, -0.1) is 0 Å². The molecule has 24 heavy (non-hydrogen) atoms. The van der Waals surface area contributed by atoms with Crippen molar-refractivity contribution in [1.29, 1.82) is 0 Å². The number of rotatable bonds is 4. The number of nitrogens with zero attached hydrogens (tertiary/aromatic N) is 4. The van der Waals surface area contributed by atoms with Crippen LogP contribution in [0.2, 0.25) is 0 Å². The van der Waals surface area contributed by atoms with E-state index in [4.69, 9.17) is 0 Å². The van der Waals surface area contributed by atoms with Crippen LogP contribution in [-0.4, -0.2) is 27.9 Å². The van der Waals surface area contributed by atoms with Gasteiger partial charge in [0.1, 0.15) is 24.3 Å². The van der Waals surface area contributed by atoms with Gasteiger partial charge in [0.2, 0.25) is 0 Å². The monoisotopic (exact) mass is 343 g/mol. The third-order valence-corrected chi connectivity index (χ3v) is 5.24. The van der Waals surface area contributed by atoms with Crippen molar-refractivity contribution in [3.8, 4) is 5.82 Å². The normalized spacial score (nSPS) is 11.5. The number of sulfonamides is 1. The van der Waals surface area contributed by atoms with E-state index in [1.165, 1.54) is 6.33 Å². The number of hydrogen-bond acceptors (Lipinski definition) is 5. The first kappa shape index (κ1) is 16.1. The Balaban J connectivity index is 1.96. The zero-order chi connectivity index (χ0) is 17.3. The maximum atomic E-state index is 12.7. The number of benzene rings is 1. The molecule has 8 heteroatoms. The molecule has 0 bridgehead atoms. The lowest BCUT2D eigenvalue weighted by Crippen LogP contribution is -2.16. The molecule has 1 N–H and O–H groups in total. The van der Waals surface area contributed by atoms with Gasteiger partial charge in [0.05, 0.1) is 4.90 Å². The maximum Gasteiger partial charge on any atom is 0.263 e. The zero-order valence-electron chi connectivity index (χ0n) is 13.6. The van der Waals surface area contributed by atoms with E-state index in [1.807, 2.05) is 19.9 Å². The Morgan fingerprint density at radius 2 is 1.75 bits per heavy atom. The SMILES string of the molecule is Cc1cc(C)c(S(=O)(=O)Nc2cc(-n3ccnc3)ncn2)cc1C. The van der Waals surface area contributed by atoms with Crippen LogP contribution in [0.4, 0.5) is 5.82 Å². The second-order valence-corrected chi connectivity index (χ2v) is 7.19. The first-order valence-corrected chi connectivity index (χ1v) is 8.76. The molecule has 0 atom stereocenters. The van der Waals surface area contributed by atoms with Crippen molar-refractivity contribution in [3.63, 3.8) is 0 Å². The summed E-state index contributed by atoms with van der Waals surface area (Å²) in [6, 6.07) is 5.08. The van der Waals surface area contributed by atoms with E-state index in [-0.39, 0.29) is 10.7 Å². The van der Waals surface area contributed by atoms with Gasteiger partial charge in [0.25, 0.3) is 10.0 Å². The fraction of sp³-hybridized carbons (Fsp3) is 0.188. The van der Waals surface area contributed by atoms with Gasteiger partial charge in [-0.1, -0.05) is 6.07 Å². The lowest BCUT2D eigenvalue weighted by Gasteiger charge is -2.12. The highest BCUT2D eigenvalue weighted by Gasteiger charge is 2.19. The van der Waals surface area contributed by atoms with Gasteiger partial charge >= 0.3 is 0 Å². The molecular weight excluding hydrogens is 326 g/mol. The predicted molar refractivity (Wildman–Crippen MR) is 90.6 cm³/mol. The molecule has 2 heterocycles. The minimum Gasteiger partial charge on any atom is -0.290 e. The van der Waals surface area contributed by atoms with E-state index >= 15 is 0 Å². The Bertz CT molecular complexity index is 982. The summed E-state index contributed by atoms with van der Waals surface area (Å²) >= 11 is 0. The zero-order valence-corrected chi connectivity index (χ0v) is 14.4. The number of aromatic nitrogens is 4. The summed E-state index contributed by atoms with van der Waals surface area (Å²) < 4.78 is 29.6. The van der Waals surface area contributed by atoms with Crippen molar-refractivity contribution in [1.82, 2.24) is 19.5 Å². The Labute approximate surface area is 140 Å². The molecule has 2 aromatic heterocycles. The van der Waals surface area contributed by atoms with Gasteiger partial charge in [0, 0.05) is 18.5 Å². The highest BCUT2D eigenvalue weighted by atomic mass is 32.2. The van der Waals surface area contributed by atoms with E-state index in [2.05, 4.69) is 19.7 Å². The molecule has 0 unspecified atom stereocenters. The average molecular weight is 343 g/mol. The van der Waals surface area contributed by atoms with Crippen molar-refractivity contribution in [3.05, 3.63) is 59.9 Å². The Morgan fingerprint density at radius 3 is 2.46 bits per heavy atom. The molecule has 0 radical (unpaired) electrons. The fourth-order valence-electron chi connectivity index (χ4n) is 2.35. The summed E-state index contributed by atoms with van der Waals surface area (Å²) in [5.74, 6) is 0.725. The van der Waals surface area contributed by atoms with Crippen LogP contribution in [0.3, 0.4) is 0 Å². The molecule has 3 aromatic rings. The van der Waals surface area contributed by atoms with Crippen LogP contribution in [0.15, 0.2) is 48.1 Å². The quantitative estimate of drug-likeness (QED) is 0.785. The summed E-state index contributed by atoms with van der Waals surface area (Å²) in [6.45, 7) is 5.61. The van der Waals surface area contributed by atoms with Gasteiger partial charge in [-0.05, 0) is 43.5 Å². The molecule has 3 rings (SSSR count). The number of aryl methyl sites for hydroxylation is 3. The summed E-state index contributed by atoms with van der Waals surface area (Å²) in [5, 5.41) is 0. The van der Waals surface area contributed by atoms with E-state index in [0.717, 1.165) is 11.1 Å². The topological polar surface area (TPSA) is 89.8 Å². The van der Waals surface area contributed by atoms with Gasteiger partial charge in [-0.3, -0.25) is 9.29 Å². The second-order valence-electron chi connectivity index (χ2n) is 5.54. The first-order valence-electron chi connectivity index (χ1n) is 7.28. The number of anilines is 1. The van der Waals surface area contributed by atoms with Gasteiger partial charge in [0.15, 0.2) is 0 Å². The van der Waals surface area contributed by atoms with Crippen LogP contribution in [-0.2, 0) is 10.0 Å². The smallest absolute Gasteiger partial charge is 0.263 e. The number of hydrogen-bond donors (Lipinski definition) is 1. The molecule has 0 amide bonds. The average Bonchev–Trinajstić information content (AvgIpc) is 3.05. The Hall–Kier alpha value is -2.74. The van der Waals surface area contributed by atoms with E-state index in [0.29, 0.717) is 11.4 Å². The summed E-state index contributed by atoms with van der Waals surface area (Å²) in [4.78, 5) is 12.3. The van der Waals surface area contributed by atoms with Crippen LogP contribution >= 0.6 is 0 Å². The van der Waals surface area contributed by atoms with Gasteiger partial charge in [-0.25, -0.2) is 23.4 Å². The van der Waals surface area contributed by atoms with Crippen LogP contribution in [0.1, 0.15) is 16.7 Å². The standard InChI is InChI=1S/C16H17N5O2S/c1-11-6-13(3)14(7-12(11)2)24(22,23)20-15-8-16(19-9-18-15)21-5-4-17-10-21/h4-10H,1-3H3,(H,18,19,20). The fourth-order valence-corrected chi connectivity index (χ4v) is 3.67. The molecule has 0 spiro atoms. The molecule has 0 fully saturated rings. The van der Waals surface area contributed by atoms with E-state index < -0.39 is 10.0 Å². The van der Waals surface area contributed by atoms with Crippen molar-refractivity contribution in [2.75, 3.05) is 4.72 Å². The van der Waals surface area contributed by atoms with Crippen LogP contribution in [0.5, 0.6) is 0 Å². The predicted octanol–water partition coefficient (Wildman–Crippen LogP) is 2.39. The molecule has 0 aliphatic rings. The Kier molecular flexibility index (Phi) is 4.06. The van der Waals surface area contributed by atoms with Gasteiger partial charge < -0.3 is 0 Å². The maximum absolute atomic E-state index is 12.7. The minimum absolute atomic E-state index is 0.200. The largest absolute Gasteiger partial charge is 0.290 e. The van der Waals surface area contributed by atoms with Crippen molar-refractivity contribution >= 4 is 15.8 Å². The molecule has 1 aromatic carbocycles. The molecular formula is C16H17N5O2S. The summed E-state index contributed by atoms with van der Waals surface area (Å²) in [6.07, 6.45) is 6.22. The third kappa shape index (κ3) is 3.13. The summed E-state index contributed by atoms with van der Waals surface area (Å²) in [5.41, 5.74) is 2.66. The molecule has 0 aliphatic carbocycles. The van der Waals surface area contributed by atoms with Crippen LogP contribution in [0, 0.1) is 20.8 Å². The van der Waals surface area contributed by atoms with Crippen molar-refractivity contribution < 1.29 is 8.42 Å². The Morgan fingerprint density at radius 1 is 1.00 bits per heavy atom. The van der Waals surface area contributed by atoms with Crippen LogP contribution in [0.25, 0.3) is 5.82 Å². The highest BCUT2D eigenvalue weighted by Crippen LogP contribution is 2.22. The van der Waals surface area contributed by atoms with Crippen LogP contribution < -0.4 is 4.72 Å². The number of nitrogens with one attached hydrogen (secondary N) is 1. The molecule has 0 aliphatic heterocycles. The third-order valence-electron chi connectivity index (χ3n) is 3.74. The summed E-state index contributed by atoms with van der Waals surface area (Å²) in [7, 11) is -3.73. The lowest BCUT2D eigenvalue weighted by atomic mass is 10.1. The van der Waals surface area contributed by atoms with Crippen molar-refractivity contribution in [2.45, 2.75) is 25.7 Å². The van der Waals surface area contributed by atoms with Gasteiger partial charge in [-0.2, -0.15) is 0 Å². The molecule has 124 valence electrons.